The van der Waals surface area contributed by atoms with Crippen molar-refractivity contribution in [3.05, 3.63) is 216 Å². The first kappa shape index (κ1) is 43.2. The highest BCUT2D eigenvalue weighted by atomic mass is 19.4. The molecule has 0 amide bonds. The molecule has 2 heterocycles. The first-order chi connectivity index (χ1) is 33.8. The summed E-state index contributed by atoms with van der Waals surface area (Å²) in [5.41, 5.74) is 6.76. The monoisotopic (exact) mass is 923 g/mol. The molecule has 0 N–H and O–H groups in total. The van der Waals surface area contributed by atoms with E-state index in [1.54, 1.807) is 54.6 Å². The number of nitriles is 3. The van der Waals surface area contributed by atoms with Gasteiger partial charge in [-0.2, -0.15) is 42.1 Å². The van der Waals surface area contributed by atoms with E-state index in [1.807, 2.05) is 106 Å². The Hall–Kier alpha value is -9.37. The van der Waals surface area contributed by atoms with Crippen molar-refractivity contribution in [2.45, 2.75) is 12.4 Å². The van der Waals surface area contributed by atoms with Crippen LogP contribution in [0.3, 0.4) is 0 Å². The van der Waals surface area contributed by atoms with Gasteiger partial charge in [0, 0.05) is 32.7 Å². The van der Waals surface area contributed by atoms with Gasteiger partial charge in [0.15, 0.2) is 0 Å². The molecular weight excluding hydrogens is 893 g/mol. The van der Waals surface area contributed by atoms with Crippen molar-refractivity contribution in [2.75, 3.05) is 0 Å². The van der Waals surface area contributed by atoms with Gasteiger partial charge < -0.3 is 9.13 Å². The van der Waals surface area contributed by atoms with Gasteiger partial charge in [-0.05, 0) is 130 Å². The molecule has 11 aromatic rings. The molecule has 0 radical (unpaired) electrons. The van der Waals surface area contributed by atoms with Gasteiger partial charge in [-0.1, -0.05) is 91.0 Å². The van der Waals surface area contributed by atoms with E-state index in [2.05, 4.69) is 30.3 Å². The molecule has 2 aromatic heterocycles. The SMILES string of the molecule is N#Cc1ccc(-c2ccc3c(c2)c2ccccc2n3-c2ccc(-c3ccc(C(F)(F)F)cc3C(F)(F)F)cc2-c2ccc(C#N)cc2-n2c3ccccc3c3cc(-c4ccc(C#N)cc4)ccc32)cc1. The van der Waals surface area contributed by atoms with Gasteiger partial charge in [0.1, 0.15) is 0 Å². The van der Waals surface area contributed by atoms with E-state index in [4.69, 9.17) is 0 Å². The second kappa shape index (κ2) is 16.4. The maximum atomic E-state index is 14.9. The number of aromatic nitrogens is 2. The molecule has 0 atom stereocenters. The second-order valence-electron chi connectivity index (χ2n) is 16.9. The summed E-state index contributed by atoms with van der Waals surface area (Å²) >= 11 is 0. The third kappa shape index (κ3) is 7.27. The highest BCUT2D eigenvalue weighted by Gasteiger charge is 2.38. The summed E-state index contributed by atoms with van der Waals surface area (Å²) in [5, 5.41) is 32.8. The maximum absolute atomic E-state index is 14.9. The average Bonchev–Trinajstić information content (AvgIpc) is 3.89. The molecule has 11 heteroatoms. The molecule has 0 saturated carbocycles. The zero-order chi connectivity index (χ0) is 48.5. The topological polar surface area (TPSA) is 81.2 Å². The molecule has 9 aromatic carbocycles. The second-order valence-corrected chi connectivity index (χ2v) is 16.9. The van der Waals surface area contributed by atoms with Crippen molar-refractivity contribution in [2.24, 2.45) is 0 Å². The number of nitrogens with zero attached hydrogens (tertiary/aromatic N) is 5. The molecule has 0 fully saturated rings. The minimum atomic E-state index is -5.14. The standard InChI is InChI=1S/C59H31F6N5/c60-58(61,62)43-21-23-44(51(31-43)59(63,64)65)42-20-26-55(69-52-7-3-1-5-45(52)48-28-40(18-24-54(48)69)38-14-9-35(32-66)10-15-38)50(30-42)47-22-13-37(34-68)27-57(47)70-53-8-4-2-6-46(53)49-29-41(19-25-56(49)70)39-16-11-36(33-67)12-17-39/h1-31H. The minimum Gasteiger partial charge on any atom is -0.309 e. The molecule has 0 aliphatic rings. The Labute approximate surface area is 395 Å². The van der Waals surface area contributed by atoms with Gasteiger partial charge >= 0.3 is 12.4 Å². The zero-order valence-electron chi connectivity index (χ0n) is 36.4. The fourth-order valence-electron chi connectivity index (χ4n) is 9.63. The first-order valence-corrected chi connectivity index (χ1v) is 21.9. The Bertz CT molecular complexity index is 4060. The fraction of sp³-hybridized carbons (Fsp3) is 0.0339. The Morgan fingerprint density at radius 2 is 0.786 bits per heavy atom. The summed E-state index contributed by atoms with van der Waals surface area (Å²) in [6.45, 7) is 0. The summed E-state index contributed by atoms with van der Waals surface area (Å²) < 4.78 is 90.8. The van der Waals surface area contributed by atoms with Crippen LogP contribution in [0.25, 0.3) is 99.5 Å². The van der Waals surface area contributed by atoms with Crippen LogP contribution in [0.1, 0.15) is 27.8 Å². The molecule has 11 rings (SSSR count). The largest absolute Gasteiger partial charge is 0.417 e. The van der Waals surface area contributed by atoms with E-state index < -0.39 is 29.0 Å². The Morgan fingerprint density at radius 3 is 1.30 bits per heavy atom. The van der Waals surface area contributed by atoms with Gasteiger partial charge in [-0.15, -0.1) is 0 Å². The fourth-order valence-corrected chi connectivity index (χ4v) is 9.63. The van der Waals surface area contributed by atoms with Crippen LogP contribution in [0.5, 0.6) is 0 Å². The van der Waals surface area contributed by atoms with E-state index in [-0.39, 0.29) is 11.6 Å². The highest BCUT2D eigenvalue weighted by molar-refractivity contribution is 6.13. The van der Waals surface area contributed by atoms with E-state index in [0.717, 1.165) is 71.9 Å². The summed E-state index contributed by atoms with van der Waals surface area (Å²) in [6, 6.07) is 60.2. The normalized spacial score (nSPS) is 11.8. The lowest BCUT2D eigenvalue weighted by Crippen LogP contribution is -2.12. The molecule has 334 valence electrons. The van der Waals surface area contributed by atoms with E-state index in [9.17, 15) is 42.1 Å². The molecular formula is C59H31F6N5. The van der Waals surface area contributed by atoms with Gasteiger partial charge in [0.05, 0.1) is 79.5 Å². The molecule has 5 nitrogen and oxygen atoms in total. The van der Waals surface area contributed by atoms with Crippen LogP contribution >= 0.6 is 0 Å². The summed E-state index contributed by atoms with van der Waals surface area (Å²) in [6.07, 6.45) is -10.2. The van der Waals surface area contributed by atoms with Crippen molar-refractivity contribution in [3.63, 3.8) is 0 Å². The third-order valence-electron chi connectivity index (χ3n) is 12.9. The predicted octanol–water partition coefficient (Wildman–Crippen LogP) is 16.2. The number of benzene rings is 9. The lowest BCUT2D eigenvalue weighted by Gasteiger charge is -2.21. The van der Waals surface area contributed by atoms with E-state index >= 15 is 0 Å². The maximum Gasteiger partial charge on any atom is 0.417 e. The van der Waals surface area contributed by atoms with Gasteiger partial charge in [-0.25, -0.2) is 0 Å². The third-order valence-corrected chi connectivity index (χ3v) is 12.9. The van der Waals surface area contributed by atoms with Crippen molar-refractivity contribution in [1.29, 1.82) is 15.8 Å². The first-order valence-electron chi connectivity index (χ1n) is 21.9. The van der Waals surface area contributed by atoms with Crippen LogP contribution in [-0.4, -0.2) is 9.13 Å². The molecule has 70 heavy (non-hydrogen) atoms. The van der Waals surface area contributed by atoms with Crippen LogP contribution in [0.2, 0.25) is 0 Å². The summed E-state index contributed by atoms with van der Waals surface area (Å²) in [7, 11) is 0. The number of alkyl halides is 6. The summed E-state index contributed by atoms with van der Waals surface area (Å²) in [4.78, 5) is 0. The van der Waals surface area contributed by atoms with Crippen LogP contribution in [0.15, 0.2) is 188 Å². The van der Waals surface area contributed by atoms with Crippen LogP contribution in [0.4, 0.5) is 26.3 Å². The van der Waals surface area contributed by atoms with Crippen molar-refractivity contribution in [1.82, 2.24) is 9.13 Å². The van der Waals surface area contributed by atoms with Crippen LogP contribution in [-0.2, 0) is 12.4 Å². The number of hydrogen-bond donors (Lipinski definition) is 0. The van der Waals surface area contributed by atoms with Crippen LogP contribution in [0, 0.1) is 34.0 Å². The Kier molecular flexibility index (Phi) is 10.2. The summed E-state index contributed by atoms with van der Waals surface area (Å²) in [5.74, 6) is 0. The van der Waals surface area contributed by atoms with E-state index in [0.29, 0.717) is 45.3 Å². The number of rotatable bonds is 6. The number of hydrogen-bond acceptors (Lipinski definition) is 3. The predicted molar refractivity (Wildman–Crippen MR) is 261 cm³/mol. The molecule has 0 bridgehead atoms. The quantitative estimate of drug-likeness (QED) is 0.156. The van der Waals surface area contributed by atoms with Gasteiger partial charge in [0.2, 0.25) is 0 Å². The van der Waals surface area contributed by atoms with Gasteiger partial charge in [0.25, 0.3) is 0 Å². The average molecular weight is 924 g/mol. The van der Waals surface area contributed by atoms with Crippen molar-refractivity contribution >= 4 is 43.6 Å². The number of para-hydroxylation sites is 2. The molecule has 0 saturated heterocycles. The zero-order valence-corrected chi connectivity index (χ0v) is 36.4. The smallest absolute Gasteiger partial charge is 0.309 e. The number of fused-ring (bicyclic) bond motifs is 6. The minimum absolute atomic E-state index is 0.0215. The molecule has 0 unspecified atom stereocenters. The van der Waals surface area contributed by atoms with Crippen LogP contribution < -0.4 is 0 Å². The lowest BCUT2D eigenvalue weighted by molar-refractivity contribution is -0.142. The Morgan fingerprint density at radius 1 is 0.329 bits per heavy atom. The molecule has 0 spiro atoms. The molecule has 0 aliphatic heterocycles. The lowest BCUT2D eigenvalue weighted by atomic mass is 9.92. The van der Waals surface area contributed by atoms with E-state index in [1.165, 1.54) is 6.07 Å². The number of halogens is 6. The highest BCUT2D eigenvalue weighted by Crippen LogP contribution is 2.46. The van der Waals surface area contributed by atoms with Crippen molar-refractivity contribution < 1.29 is 26.3 Å². The molecule has 0 aliphatic carbocycles. The van der Waals surface area contributed by atoms with Crippen molar-refractivity contribution in [3.8, 4) is 74.1 Å². The van der Waals surface area contributed by atoms with Gasteiger partial charge in [-0.3, -0.25) is 0 Å². The Balaban J connectivity index is 1.21.